The number of carbonyl (C=O) groups excluding carboxylic acids is 2. The Hall–Kier alpha value is -1.58. The smallest absolute Gasteiger partial charge is 0.354 e. The highest BCUT2D eigenvalue weighted by atomic mass is 16.5. The summed E-state index contributed by atoms with van der Waals surface area (Å²) < 4.78 is 6.44. The quantitative estimate of drug-likeness (QED) is 0.417. The van der Waals surface area contributed by atoms with Gasteiger partial charge in [-0.3, -0.25) is 0 Å². The highest BCUT2D eigenvalue weighted by Crippen LogP contribution is 2.10. The number of carbonyl (C=O) groups is 2. The third-order valence-electron chi connectivity index (χ3n) is 2.38. The summed E-state index contributed by atoms with van der Waals surface area (Å²) in [6.07, 6.45) is 3.07. The molecule has 0 N–H and O–H groups in total. The van der Waals surface area contributed by atoms with Crippen molar-refractivity contribution < 1.29 is 14.3 Å². The number of rotatable bonds is 5. The molecule has 0 spiro atoms. The molecule has 0 saturated carbocycles. The Kier molecular flexibility index (Phi) is 4.09. The molecule has 1 aromatic heterocycles. The highest BCUT2D eigenvalue weighted by molar-refractivity contribution is 5.87. The lowest BCUT2D eigenvalue weighted by molar-refractivity contribution is -0.107. The van der Waals surface area contributed by atoms with Gasteiger partial charge in [0.15, 0.2) is 0 Å². The van der Waals surface area contributed by atoms with Crippen molar-refractivity contribution in [3.8, 4) is 0 Å². The van der Waals surface area contributed by atoms with Gasteiger partial charge < -0.3 is 14.1 Å². The van der Waals surface area contributed by atoms with E-state index in [9.17, 15) is 9.59 Å². The largest absolute Gasteiger partial charge is 0.464 e. The molecule has 0 saturated heterocycles. The van der Waals surface area contributed by atoms with E-state index in [4.69, 9.17) is 0 Å². The van der Waals surface area contributed by atoms with Crippen molar-refractivity contribution in [3.05, 3.63) is 23.5 Å². The van der Waals surface area contributed by atoms with Gasteiger partial charge in [0.25, 0.3) is 0 Å². The lowest BCUT2D eigenvalue weighted by atomic mass is 10.2. The second kappa shape index (κ2) is 5.34. The van der Waals surface area contributed by atoms with E-state index in [-0.39, 0.29) is 5.97 Å². The van der Waals surface area contributed by atoms with Crippen molar-refractivity contribution >= 4 is 12.3 Å². The Balaban J connectivity index is 2.71. The number of esters is 1. The number of nitrogens with zero attached hydrogens (tertiary/aromatic N) is 1. The molecule has 4 heteroatoms. The molecule has 0 aliphatic rings. The summed E-state index contributed by atoms with van der Waals surface area (Å²) in [7, 11) is 3.18. The topological polar surface area (TPSA) is 48.3 Å². The fraction of sp³-hybridized carbons (Fsp3) is 0.455. The summed E-state index contributed by atoms with van der Waals surface area (Å²) in [5, 5.41) is 0. The molecule has 0 aliphatic heterocycles. The van der Waals surface area contributed by atoms with Crippen molar-refractivity contribution in [1.82, 2.24) is 4.57 Å². The van der Waals surface area contributed by atoms with Crippen molar-refractivity contribution in [2.24, 2.45) is 7.05 Å². The molecule has 1 heterocycles. The van der Waals surface area contributed by atoms with Gasteiger partial charge in [-0.25, -0.2) is 4.79 Å². The Morgan fingerprint density at radius 1 is 1.53 bits per heavy atom. The van der Waals surface area contributed by atoms with Gasteiger partial charge in [-0.1, -0.05) is 0 Å². The van der Waals surface area contributed by atoms with Gasteiger partial charge in [0.2, 0.25) is 0 Å². The van der Waals surface area contributed by atoms with Crippen molar-refractivity contribution in [2.45, 2.75) is 19.3 Å². The van der Waals surface area contributed by atoms with Crippen LogP contribution in [0.1, 0.15) is 29.0 Å². The number of ether oxygens (including phenoxy) is 1. The number of methoxy groups -OCH3 is 1. The standard InChI is InChI=1S/C11H15NO3/c1-12-9(5-3-4-8-13)6-7-10(12)11(14)15-2/h6-8H,3-5H2,1-2H3. The van der Waals surface area contributed by atoms with Crippen LogP contribution in [-0.2, 0) is 23.0 Å². The van der Waals surface area contributed by atoms with Crippen LogP contribution in [0, 0.1) is 0 Å². The van der Waals surface area contributed by atoms with E-state index in [1.54, 1.807) is 10.6 Å². The number of aryl methyl sites for hydroxylation is 1. The van der Waals surface area contributed by atoms with Crippen molar-refractivity contribution in [3.63, 3.8) is 0 Å². The molecule has 1 rings (SSSR count). The van der Waals surface area contributed by atoms with E-state index < -0.39 is 0 Å². The summed E-state index contributed by atoms with van der Waals surface area (Å²) in [6, 6.07) is 3.62. The minimum Gasteiger partial charge on any atom is -0.464 e. The zero-order valence-corrected chi connectivity index (χ0v) is 9.03. The van der Waals surface area contributed by atoms with Crippen LogP contribution in [0.15, 0.2) is 12.1 Å². The molecule has 4 nitrogen and oxygen atoms in total. The van der Waals surface area contributed by atoms with Gasteiger partial charge in [-0.2, -0.15) is 0 Å². The van der Waals surface area contributed by atoms with Gasteiger partial charge >= 0.3 is 5.97 Å². The fourth-order valence-corrected chi connectivity index (χ4v) is 1.48. The van der Waals surface area contributed by atoms with E-state index >= 15 is 0 Å². The normalized spacial score (nSPS) is 10.0. The van der Waals surface area contributed by atoms with Crippen LogP contribution in [0.4, 0.5) is 0 Å². The summed E-state index contributed by atoms with van der Waals surface area (Å²) >= 11 is 0. The molecule has 0 radical (unpaired) electrons. The van der Waals surface area contributed by atoms with E-state index in [0.29, 0.717) is 12.1 Å². The molecule has 0 aromatic carbocycles. The first kappa shape index (κ1) is 11.5. The molecule has 15 heavy (non-hydrogen) atoms. The van der Waals surface area contributed by atoms with Crippen molar-refractivity contribution in [2.75, 3.05) is 7.11 Å². The summed E-state index contributed by atoms with van der Waals surface area (Å²) in [5.41, 5.74) is 1.58. The predicted molar refractivity (Wildman–Crippen MR) is 55.8 cm³/mol. The van der Waals surface area contributed by atoms with E-state index in [0.717, 1.165) is 24.8 Å². The number of hydrogen-bond donors (Lipinski definition) is 0. The zero-order valence-electron chi connectivity index (χ0n) is 9.03. The molecular formula is C11H15NO3. The number of unbranched alkanes of at least 4 members (excludes halogenated alkanes) is 1. The fourth-order valence-electron chi connectivity index (χ4n) is 1.48. The summed E-state index contributed by atoms with van der Waals surface area (Å²) in [5.74, 6) is -0.334. The molecule has 1 aromatic rings. The molecular weight excluding hydrogens is 194 g/mol. The monoisotopic (exact) mass is 209 g/mol. The highest BCUT2D eigenvalue weighted by Gasteiger charge is 2.11. The van der Waals surface area contributed by atoms with Gasteiger partial charge in [0.05, 0.1) is 7.11 Å². The molecule has 0 atom stereocenters. The first-order valence-electron chi connectivity index (χ1n) is 4.87. The van der Waals surface area contributed by atoms with Crippen LogP contribution in [-0.4, -0.2) is 23.9 Å². The van der Waals surface area contributed by atoms with Crippen LogP contribution in [0.2, 0.25) is 0 Å². The first-order chi connectivity index (χ1) is 7.20. The number of hydrogen-bond acceptors (Lipinski definition) is 3. The van der Waals surface area contributed by atoms with Gasteiger partial charge in [-0.15, -0.1) is 0 Å². The average molecular weight is 209 g/mol. The van der Waals surface area contributed by atoms with Crippen molar-refractivity contribution in [1.29, 1.82) is 0 Å². The minimum atomic E-state index is -0.334. The molecule has 82 valence electrons. The van der Waals surface area contributed by atoms with Crippen LogP contribution in [0.3, 0.4) is 0 Å². The van der Waals surface area contributed by atoms with Gasteiger partial charge in [0, 0.05) is 19.2 Å². The second-order valence-electron chi connectivity index (χ2n) is 3.32. The maximum atomic E-state index is 11.3. The Morgan fingerprint density at radius 3 is 2.87 bits per heavy atom. The second-order valence-corrected chi connectivity index (χ2v) is 3.32. The van der Waals surface area contributed by atoms with Crippen LogP contribution >= 0.6 is 0 Å². The van der Waals surface area contributed by atoms with E-state index in [2.05, 4.69) is 4.74 Å². The molecule has 0 unspecified atom stereocenters. The average Bonchev–Trinajstić information content (AvgIpc) is 2.60. The van der Waals surface area contributed by atoms with Gasteiger partial charge in [-0.05, 0) is 25.0 Å². The molecule has 0 aliphatic carbocycles. The summed E-state index contributed by atoms with van der Waals surface area (Å²) in [6.45, 7) is 0. The molecule has 0 amide bonds. The SMILES string of the molecule is COC(=O)c1ccc(CCCC=O)n1C. The van der Waals surface area contributed by atoms with E-state index in [1.165, 1.54) is 7.11 Å². The number of aromatic nitrogens is 1. The maximum absolute atomic E-state index is 11.3. The predicted octanol–water partition coefficient (Wildman–Crippen LogP) is 1.33. The Morgan fingerprint density at radius 2 is 2.27 bits per heavy atom. The third-order valence-corrected chi connectivity index (χ3v) is 2.38. The van der Waals surface area contributed by atoms with Gasteiger partial charge in [0.1, 0.15) is 12.0 Å². The maximum Gasteiger partial charge on any atom is 0.354 e. The van der Waals surface area contributed by atoms with E-state index in [1.807, 2.05) is 13.1 Å². The minimum absolute atomic E-state index is 0.334. The molecule has 0 bridgehead atoms. The zero-order chi connectivity index (χ0) is 11.3. The van der Waals surface area contributed by atoms with Crippen LogP contribution < -0.4 is 0 Å². The van der Waals surface area contributed by atoms with Crippen LogP contribution in [0.5, 0.6) is 0 Å². The third kappa shape index (κ3) is 2.68. The first-order valence-corrected chi connectivity index (χ1v) is 4.87. The van der Waals surface area contributed by atoms with Crippen LogP contribution in [0.25, 0.3) is 0 Å². The lowest BCUT2D eigenvalue weighted by Gasteiger charge is -2.05. The summed E-state index contributed by atoms with van der Waals surface area (Å²) in [4.78, 5) is 21.4. The Labute approximate surface area is 88.8 Å². The number of aldehydes is 1. The molecule has 0 fully saturated rings. The lowest BCUT2D eigenvalue weighted by Crippen LogP contribution is -2.09. The Bertz CT molecular complexity index is 355.